The summed E-state index contributed by atoms with van der Waals surface area (Å²) in [6.45, 7) is 24.5. The van der Waals surface area contributed by atoms with E-state index in [1.54, 1.807) is 24.3 Å². The van der Waals surface area contributed by atoms with Crippen molar-refractivity contribution in [3.8, 4) is 22.3 Å². The van der Waals surface area contributed by atoms with Gasteiger partial charge in [-0.1, -0.05) is 200 Å². The molecule has 15 aromatic rings. The van der Waals surface area contributed by atoms with Gasteiger partial charge < -0.3 is 51.2 Å². The van der Waals surface area contributed by atoms with Crippen molar-refractivity contribution < 1.29 is 51.2 Å². The van der Waals surface area contributed by atoms with Crippen molar-refractivity contribution in [1.82, 2.24) is 0 Å². The molecule has 3 aromatic heterocycles. The maximum atomic E-state index is 8.58. The minimum absolute atomic E-state index is 0. The van der Waals surface area contributed by atoms with Crippen LogP contribution in [-0.2, 0) is 27.9 Å². The van der Waals surface area contributed by atoms with Gasteiger partial charge in [-0.15, -0.1) is 0 Å². The standard InChI is InChI=1S/C28H25BO3.C22H13ClO.C16H8BrClO.C12H24B2O4.C6H7BO2.CH4/c1-27(2)28(3,4)32-29(31-27)21-16-22(18-10-6-5-7-11-18)26-23-14-19-12-8-9-13-20(19)15-24(23)30-25(26)17-21;23-17-12-18(14-6-2-1-3-7-14)22-19-10-15-8-4-5-9-16(15)11-20(19)24-21(22)13-17;17-13-7-11(18)8-15-16(13)12-5-9-3-1-2-4-10(9)6-14(12)19-15;1-9(2)10(3,4)16-13(15-9)14-17-11(5,6)12(7,8)18-14;8-7(9)6-4-2-1-3-5-6;/h5-17H,1-4H3;1-13H;1-8H;1-8H3;1-5,8-9H;1H4. The summed E-state index contributed by atoms with van der Waals surface area (Å²) >= 11 is 16.0. The molecule has 520 valence electrons. The number of hydrogen-bond donors (Lipinski definition) is 2. The average Bonchev–Trinajstić information content (AvgIpc) is 1.61. The Morgan fingerprint density at radius 3 is 1.00 bits per heavy atom. The van der Waals surface area contributed by atoms with Gasteiger partial charge in [-0.2, -0.15) is 0 Å². The van der Waals surface area contributed by atoms with E-state index in [4.69, 9.17) is 74.4 Å². The van der Waals surface area contributed by atoms with Crippen molar-refractivity contribution >= 4 is 176 Å². The third-order valence-corrected chi connectivity index (χ3v) is 21.8. The second kappa shape index (κ2) is 28.4. The highest BCUT2D eigenvalue weighted by Gasteiger charge is 2.64. The quantitative estimate of drug-likeness (QED) is 0.159. The third-order valence-electron chi connectivity index (χ3n) is 20.8. The number of fused-ring (bicyclic) bond motifs is 12. The Kier molecular flexibility index (Phi) is 20.1. The van der Waals surface area contributed by atoms with E-state index in [1.165, 1.54) is 32.3 Å². The molecule has 3 saturated heterocycles. The molecule has 18 heteroatoms. The third kappa shape index (κ3) is 14.5. The van der Waals surface area contributed by atoms with Crippen LogP contribution in [0.25, 0.3) is 120 Å². The minimum atomic E-state index is -1.34. The van der Waals surface area contributed by atoms with Crippen LogP contribution in [0, 0.1) is 0 Å². The van der Waals surface area contributed by atoms with Gasteiger partial charge in [-0.3, -0.25) is 0 Å². The summed E-state index contributed by atoms with van der Waals surface area (Å²) in [7, 11) is -2.74. The molecule has 0 radical (unpaired) electrons. The maximum Gasteiger partial charge on any atom is 0.494 e. The second-order valence-corrected chi connectivity index (χ2v) is 31.0. The molecule has 0 amide bonds. The molecule has 2 N–H and O–H groups in total. The molecule has 0 aliphatic carbocycles. The lowest BCUT2D eigenvalue weighted by atomic mass is 9.49. The van der Waals surface area contributed by atoms with E-state index in [1.807, 2.05) is 128 Å². The van der Waals surface area contributed by atoms with E-state index < -0.39 is 39.5 Å². The highest BCUT2D eigenvalue weighted by Crippen LogP contribution is 2.46. The van der Waals surface area contributed by atoms with Gasteiger partial charge in [-0.05, 0) is 219 Å². The number of furan rings is 3. The second-order valence-electron chi connectivity index (χ2n) is 29.3. The summed E-state index contributed by atoms with van der Waals surface area (Å²) in [4.78, 5) is 0. The van der Waals surface area contributed by atoms with Gasteiger partial charge >= 0.3 is 28.3 Å². The summed E-state index contributed by atoms with van der Waals surface area (Å²) in [5.74, 6) is 0. The van der Waals surface area contributed by atoms with Crippen molar-refractivity contribution in [3.63, 3.8) is 0 Å². The highest BCUT2D eigenvalue weighted by molar-refractivity contribution is 9.10. The Morgan fingerprint density at radius 2 is 0.631 bits per heavy atom. The van der Waals surface area contributed by atoms with Crippen LogP contribution in [0.5, 0.6) is 0 Å². The molecule has 103 heavy (non-hydrogen) atoms. The topological polar surface area (TPSA) is 135 Å². The molecule has 3 fully saturated rings. The zero-order valence-corrected chi connectivity index (χ0v) is 62.1. The van der Waals surface area contributed by atoms with E-state index in [0.717, 1.165) is 98.0 Å². The summed E-state index contributed by atoms with van der Waals surface area (Å²) in [6.07, 6.45) is 0. The molecule has 6 heterocycles. The van der Waals surface area contributed by atoms with Gasteiger partial charge in [0.15, 0.2) is 0 Å². The Labute approximate surface area is 620 Å². The Morgan fingerprint density at radius 1 is 0.330 bits per heavy atom. The lowest BCUT2D eigenvalue weighted by Gasteiger charge is -2.32. The molecule has 0 atom stereocenters. The Bertz CT molecular complexity index is 5540. The Hall–Kier alpha value is -8.18. The predicted octanol–water partition coefficient (Wildman–Crippen LogP) is 22.2. The molecule has 18 rings (SSSR count). The van der Waals surface area contributed by atoms with Crippen LogP contribution in [0.4, 0.5) is 0 Å². The van der Waals surface area contributed by atoms with E-state index in [2.05, 4.69) is 183 Å². The minimum Gasteiger partial charge on any atom is -0.456 e. The number of rotatable bonds is 5. The van der Waals surface area contributed by atoms with Gasteiger partial charge in [0.25, 0.3) is 0 Å². The van der Waals surface area contributed by atoms with Gasteiger partial charge in [0.2, 0.25) is 0 Å². The van der Waals surface area contributed by atoms with Crippen LogP contribution in [-0.4, -0.2) is 71.9 Å². The molecule has 12 aromatic carbocycles. The van der Waals surface area contributed by atoms with Crippen LogP contribution in [0.3, 0.4) is 0 Å². The van der Waals surface area contributed by atoms with Gasteiger partial charge in [0, 0.05) is 59.0 Å². The van der Waals surface area contributed by atoms with Crippen molar-refractivity contribution in [2.45, 2.75) is 124 Å². The summed E-state index contributed by atoms with van der Waals surface area (Å²) < 4.78 is 56.0. The van der Waals surface area contributed by atoms with Crippen LogP contribution < -0.4 is 10.9 Å². The smallest absolute Gasteiger partial charge is 0.456 e. The molecule has 0 bridgehead atoms. The van der Waals surface area contributed by atoms with Crippen molar-refractivity contribution in [2.24, 2.45) is 0 Å². The summed E-state index contributed by atoms with van der Waals surface area (Å²) in [5, 5.41) is 32.3. The lowest BCUT2D eigenvalue weighted by Crippen LogP contribution is -2.41. The SMILES string of the molecule is C.CC1(C)OB(B2OC(C)(C)C(C)(C)O2)OC1(C)C.CC1(C)OB(c2cc(-c3ccccc3)c3c(c2)oc2cc4ccccc4cc23)OC1(C)C.Clc1cc(-c2ccccc2)c2c(c1)oc1cc3ccccc3cc12.Clc1cc(Br)c2c(c1)oc1cc3ccccc3cc12.OB(O)c1ccccc1. The van der Waals surface area contributed by atoms with Gasteiger partial charge in [0.05, 0.1) is 33.6 Å². The van der Waals surface area contributed by atoms with Crippen LogP contribution >= 0.6 is 39.1 Å². The van der Waals surface area contributed by atoms with Gasteiger partial charge in [0.1, 0.15) is 33.5 Å². The lowest BCUT2D eigenvalue weighted by molar-refractivity contribution is 0.00578. The van der Waals surface area contributed by atoms with E-state index in [9.17, 15) is 0 Å². The first-order valence-electron chi connectivity index (χ1n) is 34.3. The molecule has 0 saturated carbocycles. The van der Waals surface area contributed by atoms with Gasteiger partial charge in [-0.25, -0.2) is 0 Å². The van der Waals surface area contributed by atoms with E-state index >= 15 is 0 Å². The summed E-state index contributed by atoms with van der Waals surface area (Å²) in [5.41, 5.74) is 8.93. The molecule has 3 aliphatic heterocycles. The van der Waals surface area contributed by atoms with E-state index in [-0.39, 0.29) is 29.8 Å². The molecule has 3 aliphatic rings. The first-order chi connectivity index (χ1) is 48.5. The molecule has 11 nitrogen and oxygen atoms in total. The summed E-state index contributed by atoms with van der Waals surface area (Å²) in [6, 6.07) is 79.3. The molecular formula is C85H81B4BrCl2O11. The first kappa shape index (κ1) is 73.1. The zero-order valence-electron chi connectivity index (χ0n) is 59.0. The largest absolute Gasteiger partial charge is 0.494 e. The predicted molar refractivity (Wildman–Crippen MR) is 433 cm³/mol. The van der Waals surface area contributed by atoms with Crippen molar-refractivity contribution in [1.29, 1.82) is 0 Å². The molecular weight excluding hydrogens is 1390 g/mol. The fourth-order valence-electron chi connectivity index (χ4n) is 13.1. The van der Waals surface area contributed by atoms with Crippen molar-refractivity contribution in [3.05, 3.63) is 251 Å². The average molecular weight is 1470 g/mol. The van der Waals surface area contributed by atoms with E-state index in [0.29, 0.717) is 15.5 Å². The fourth-order valence-corrected chi connectivity index (χ4v) is 14.3. The van der Waals surface area contributed by atoms with Crippen LogP contribution in [0.2, 0.25) is 10.0 Å². The maximum absolute atomic E-state index is 8.58. The molecule has 0 unspecified atom stereocenters. The normalized spacial score (nSPS) is 16.7. The number of hydrogen-bond acceptors (Lipinski definition) is 11. The zero-order chi connectivity index (χ0) is 71.8. The first-order valence-corrected chi connectivity index (χ1v) is 35.8. The Balaban J connectivity index is 0.000000120. The fraction of sp³-hybridized carbons (Fsp3) is 0.224. The monoisotopic (exact) mass is 1470 g/mol. The number of halogens is 3. The number of benzene rings is 12. The van der Waals surface area contributed by atoms with Crippen molar-refractivity contribution in [2.75, 3.05) is 0 Å². The highest BCUT2D eigenvalue weighted by atomic mass is 79.9. The molecule has 0 spiro atoms. The van der Waals surface area contributed by atoms with Crippen LogP contribution in [0.1, 0.15) is 90.5 Å². The van der Waals surface area contributed by atoms with Crippen LogP contribution in [0.15, 0.2) is 254 Å².